The Morgan fingerprint density at radius 1 is 1.16 bits per heavy atom. The number of carbonyl (C=O) groups is 1. The maximum atomic E-state index is 12.3. The summed E-state index contributed by atoms with van der Waals surface area (Å²) in [6.45, 7) is 2.82. The van der Waals surface area contributed by atoms with Gasteiger partial charge in [0.2, 0.25) is 5.91 Å². The number of para-hydroxylation sites is 1. The first kappa shape index (κ1) is 11.3. The third-order valence-electron chi connectivity index (χ3n) is 5.01. The summed E-state index contributed by atoms with van der Waals surface area (Å²) >= 11 is 0. The number of nitrogens with zero attached hydrogens (tertiary/aromatic N) is 2. The van der Waals surface area contributed by atoms with Gasteiger partial charge in [0.05, 0.1) is 6.04 Å². The van der Waals surface area contributed by atoms with E-state index >= 15 is 0 Å². The van der Waals surface area contributed by atoms with Crippen molar-refractivity contribution in [3.05, 3.63) is 29.8 Å². The van der Waals surface area contributed by atoms with Crippen LogP contribution in [-0.2, 0) is 11.2 Å². The molecule has 3 heteroatoms. The predicted octanol–water partition coefficient (Wildman–Crippen LogP) is 2.06. The van der Waals surface area contributed by atoms with Crippen LogP contribution >= 0.6 is 0 Å². The van der Waals surface area contributed by atoms with E-state index < -0.39 is 0 Å². The van der Waals surface area contributed by atoms with E-state index in [1.807, 2.05) is 0 Å². The lowest BCUT2D eigenvalue weighted by molar-refractivity contribution is -0.138. The smallest absolute Gasteiger partial charge is 0.225 e. The summed E-state index contributed by atoms with van der Waals surface area (Å²) in [6.07, 6.45) is 4.57. The van der Waals surface area contributed by atoms with E-state index in [0.29, 0.717) is 17.9 Å². The van der Waals surface area contributed by atoms with Gasteiger partial charge < -0.3 is 9.80 Å². The summed E-state index contributed by atoms with van der Waals surface area (Å²) in [4.78, 5) is 17.0. The Balaban J connectivity index is 1.50. The van der Waals surface area contributed by atoms with Gasteiger partial charge in [-0.15, -0.1) is 0 Å². The number of piperazine rings is 1. The highest BCUT2D eigenvalue weighted by Crippen LogP contribution is 2.35. The average molecular weight is 256 g/mol. The molecule has 1 unspecified atom stereocenters. The Morgan fingerprint density at radius 3 is 2.79 bits per heavy atom. The van der Waals surface area contributed by atoms with Crippen molar-refractivity contribution < 1.29 is 4.79 Å². The number of amides is 1. The highest BCUT2D eigenvalue weighted by atomic mass is 16.2. The molecule has 2 heterocycles. The number of anilines is 1. The lowest BCUT2D eigenvalue weighted by atomic mass is 9.84. The lowest BCUT2D eigenvalue weighted by Gasteiger charge is -2.41. The zero-order valence-corrected chi connectivity index (χ0v) is 11.2. The largest absolute Gasteiger partial charge is 0.364 e. The Morgan fingerprint density at radius 2 is 2.00 bits per heavy atom. The molecule has 2 aliphatic heterocycles. The Bertz CT molecular complexity index is 509. The third kappa shape index (κ3) is 1.75. The zero-order chi connectivity index (χ0) is 12.8. The molecule has 100 valence electrons. The van der Waals surface area contributed by atoms with E-state index in [2.05, 4.69) is 34.1 Å². The van der Waals surface area contributed by atoms with Crippen LogP contribution in [0.15, 0.2) is 24.3 Å². The quantitative estimate of drug-likeness (QED) is 0.768. The van der Waals surface area contributed by atoms with Crippen molar-refractivity contribution in [3.63, 3.8) is 0 Å². The molecule has 1 aromatic carbocycles. The van der Waals surface area contributed by atoms with Gasteiger partial charge in [0.25, 0.3) is 0 Å². The van der Waals surface area contributed by atoms with Crippen LogP contribution in [0.1, 0.15) is 24.8 Å². The molecule has 3 nitrogen and oxygen atoms in total. The molecule has 0 radical (unpaired) electrons. The van der Waals surface area contributed by atoms with Crippen LogP contribution in [0.2, 0.25) is 0 Å². The van der Waals surface area contributed by atoms with Gasteiger partial charge in [-0.3, -0.25) is 4.79 Å². The number of carbonyl (C=O) groups excluding carboxylic acids is 1. The van der Waals surface area contributed by atoms with Crippen LogP contribution in [0, 0.1) is 5.92 Å². The van der Waals surface area contributed by atoms with Gasteiger partial charge in [-0.2, -0.15) is 0 Å². The molecule has 4 rings (SSSR count). The molecular weight excluding hydrogens is 236 g/mol. The normalized spacial score (nSPS) is 25.8. The molecule has 1 saturated heterocycles. The SMILES string of the molecule is O=C(C1CCC1)N1CCN2c3ccccc3CC2C1. The van der Waals surface area contributed by atoms with Gasteiger partial charge >= 0.3 is 0 Å². The van der Waals surface area contributed by atoms with Crippen molar-refractivity contribution in [2.24, 2.45) is 5.92 Å². The van der Waals surface area contributed by atoms with Gasteiger partial charge in [-0.1, -0.05) is 24.6 Å². The standard InChI is InChI=1S/C16H20N2O/c19-16(12-5-3-6-12)17-8-9-18-14(11-17)10-13-4-1-2-7-15(13)18/h1-2,4,7,12,14H,3,5-6,8-11H2. The molecular formula is C16H20N2O. The van der Waals surface area contributed by atoms with Crippen LogP contribution in [0.25, 0.3) is 0 Å². The van der Waals surface area contributed by atoms with Crippen molar-refractivity contribution in [2.75, 3.05) is 24.5 Å². The number of fused-ring (bicyclic) bond motifs is 3. The number of hydrogen-bond acceptors (Lipinski definition) is 2. The molecule has 19 heavy (non-hydrogen) atoms. The summed E-state index contributed by atoms with van der Waals surface area (Å²) < 4.78 is 0. The van der Waals surface area contributed by atoms with Crippen molar-refractivity contribution in [2.45, 2.75) is 31.7 Å². The highest BCUT2D eigenvalue weighted by molar-refractivity contribution is 5.80. The fourth-order valence-corrected chi connectivity index (χ4v) is 3.68. The van der Waals surface area contributed by atoms with E-state index in [9.17, 15) is 4.79 Å². The minimum atomic E-state index is 0.343. The van der Waals surface area contributed by atoms with Crippen molar-refractivity contribution in [3.8, 4) is 0 Å². The minimum absolute atomic E-state index is 0.343. The number of benzene rings is 1. The van der Waals surface area contributed by atoms with Gasteiger partial charge in [0.1, 0.15) is 0 Å². The predicted molar refractivity (Wildman–Crippen MR) is 75.2 cm³/mol. The monoisotopic (exact) mass is 256 g/mol. The zero-order valence-electron chi connectivity index (χ0n) is 11.2. The van der Waals surface area contributed by atoms with Crippen molar-refractivity contribution in [1.82, 2.24) is 4.90 Å². The molecule has 1 saturated carbocycles. The second kappa shape index (κ2) is 4.26. The highest BCUT2D eigenvalue weighted by Gasteiger charge is 2.37. The maximum Gasteiger partial charge on any atom is 0.225 e. The molecule has 3 aliphatic rings. The summed E-state index contributed by atoms with van der Waals surface area (Å²) in [5, 5.41) is 0. The Kier molecular flexibility index (Phi) is 2.54. The van der Waals surface area contributed by atoms with Crippen molar-refractivity contribution >= 4 is 11.6 Å². The van der Waals surface area contributed by atoms with Gasteiger partial charge in [-0.25, -0.2) is 0 Å². The summed E-state index contributed by atoms with van der Waals surface area (Å²) in [7, 11) is 0. The molecule has 1 aliphatic carbocycles. The van der Waals surface area contributed by atoms with Crippen LogP contribution < -0.4 is 4.90 Å². The number of hydrogen-bond donors (Lipinski definition) is 0. The van der Waals surface area contributed by atoms with Crippen molar-refractivity contribution in [1.29, 1.82) is 0 Å². The van der Waals surface area contributed by atoms with Crippen LogP contribution in [0.4, 0.5) is 5.69 Å². The van der Waals surface area contributed by atoms with Crippen LogP contribution in [0.3, 0.4) is 0 Å². The molecule has 0 spiro atoms. The summed E-state index contributed by atoms with van der Waals surface area (Å²) in [6, 6.07) is 9.20. The first-order valence-electron chi connectivity index (χ1n) is 7.46. The first-order valence-corrected chi connectivity index (χ1v) is 7.46. The van der Waals surface area contributed by atoms with Gasteiger partial charge in [-0.05, 0) is 30.9 Å². The lowest BCUT2D eigenvalue weighted by Crippen LogP contribution is -2.55. The fourth-order valence-electron chi connectivity index (χ4n) is 3.68. The molecule has 0 N–H and O–H groups in total. The molecule has 0 bridgehead atoms. The van der Waals surface area contributed by atoms with Crippen LogP contribution in [-0.4, -0.2) is 36.5 Å². The van der Waals surface area contributed by atoms with Crippen LogP contribution in [0.5, 0.6) is 0 Å². The van der Waals surface area contributed by atoms with E-state index in [1.54, 1.807) is 0 Å². The third-order valence-corrected chi connectivity index (χ3v) is 5.01. The Labute approximate surface area is 114 Å². The average Bonchev–Trinajstić information content (AvgIpc) is 2.74. The summed E-state index contributed by atoms with van der Waals surface area (Å²) in [5.74, 6) is 0.761. The second-order valence-electron chi connectivity index (χ2n) is 6.09. The topological polar surface area (TPSA) is 23.6 Å². The maximum absolute atomic E-state index is 12.3. The molecule has 2 fully saturated rings. The molecule has 1 amide bonds. The van der Waals surface area contributed by atoms with Gasteiger partial charge in [0.15, 0.2) is 0 Å². The van der Waals surface area contributed by atoms with E-state index in [1.165, 1.54) is 17.7 Å². The van der Waals surface area contributed by atoms with E-state index in [0.717, 1.165) is 38.9 Å². The van der Waals surface area contributed by atoms with E-state index in [4.69, 9.17) is 0 Å². The fraction of sp³-hybridized carbons (Fsp3) is 0.562. The minimum Gasteiger partial charge on any atom is -0.364 e. The molecule has 0 aromatic heterocycles. The number of rotatable bonds is 1. The molecule has 1 atom stereocenters. The first-order chi connectivity index (χ1) is 9.33. The Hall–Kier alpha value is -1.51. The second-order valence-corrected chi connectivity index (χ2v) is 6.09. The van der Waals surface area contributed by atoms with E-state index in [-0.39, 0.29) is 0 Å². The molecule has 1 aromatic rings. The summed E-state index contributed by atoms with van der Waals surface area (Å²) in [5.41, 5.74) is 2.84. The van der Waals surface area contributed by atoms with Gasteiger partial charge in [0, 0.05) is 31.2 Å².